The van der Waals surface area contributed by atoms with Crippen LogP contribution in [0.3, 0.4) is 0 Å². The number of aliphatic hydroxyl groups is 1. The predicted octanol–water partition coefficient (Wildman–Crippen LogP) is 2.10. The maximum Gasteiger partial charge on any atom is 0.165 e. The Morgan fingerprint density at radius 1 is 1.39 bits per heavy atom. The van der Waals surface area contributed by atoms with Crippen LogP contribution < -0.4 is 0 Å². The number of ether oxygens (including phenoxy) is 2. The van der Waals surface area contributed by atoms with Gasteiger partial charge in [-0.2, -0.15) is 0 Å². The number of hydrogen-bond donors (Lipinski definition) is 1. The second-order valence-electron chi connectivity index (χ2n) is 6.93. The summed E-state index contributed by atoms with van der Waals surface area (Å²) in [5.74, 6) is 1.03. The summed E-state index contributed by atoms with van der Waals surface area (Å²) in [7, 11) is 0. The van der Waals surface area contributed by atoms with Crippen molar-refractivity contribution in [3.05, 3.63) is 11.6 Å². The molecule has 2 heterocycles. The van der Waals surface area contributed by atoms with Gasteiger partial charge in [-0.15, -0.1) is 0 Å². The third kappa shape index (κ3) is 1.21. The summed E-state index contributed by atoms with van der Waals surface area (Å²) in [5, 5.41) is 9.86. The molecule has 1 N–H and O–H groups in total. The number of rotatable bonds is 1. The van der Waals surface area contributed by atoms with Gasteiger partial charge in [0.15, 0.2) is 6.29 Å². The second-order valence-corrected chi connectivity index (χ2v) is 6.93. The van der Waals surface area contributed by atoms with Gasteiger partial charge < -0.3 is 14.6 Å². The molecule has 1 spiro atoms. The smallest absolute Gasteiger partial charge is 0.165 e. The van der Waals surface area contributed by atoms with Crippen molar-refractivity contribution in [3.63, 3.8) is 0 Å². The van der Waals surface area contributed by atoms with E-state index in [1.54, 1.807) is 0 Å². The zero-order valence-electron chi connectivity index (χ0n) is 11.0. The summed E-state index contributed by atoms with van der Waals surface area (Å²) in [6.07, 6.45) is 7.09. The van der Waals surface area contributed by atoms with Crippen LogP contribution in [0.4, 0.5) is 0 Å². The van der Waals surface area contributed by atoms with E-state index in [0.717, 1.165) is 26.1 Å². The average Bonchev–Trinajstić information content (AvgIpc) is 2.96. The van der Waals surface area contributed by atoms with Crippen molar-refractivity contribution in [1.82, 2.24) is 0 Å². The van der Waals surface area contributed by atoms with Crippen LogP contribution in [-0.2, 0) is 9.47 Å². The largest absolute Gasteiger partial charge is 0.396 e. The van der Waals surface area contributed by atoms with Gasteiger partial charge >= 0.3 is 0 Å². The van der Waals surface area contributed by atoms with Crippen molar-refractivity contribution < 1.29 is 14.6 Å². The van der Waals surface area contributed by atoms with Crippen molar-refractivity contribution in [2.75, 3.05) is 19.8 Å². The lowest BCUT2D eigenvalue weighted by molar-refractivity contribution is -0.0927. The molecule has 3 fully saturated rings. The van der Waals surface area contributed by atoms with Gasteiger partial charge in [0, 0.05) is 17.9 Å². The molecule has 5 atom stereocenters. The SMILES string of the molecule is C[C@]1(CO)CCC[C@@]23CO[C@H]4OCC(=CC[C@H]12)[C@H]43. The third-order valence-electron chi connectivity index (χ3n) is 6.12. The lowest BCUT2D eigenvalue weighted by Gasteiger charge is -2.55. The van der Waals surface area contributed by atoms with Gasteiger partial charge in [-0.05, 0) is 36.2 Å². The zero-order chi connectivity index (χ0) is 12.4. The van der Waals surface area contributed by atoms with E-state index in [2.05, 4.69) is 13.0 Å². The molecule has 1 saturated carbocycles. The van der Waals surface area contributed by atoms with Crippen LogP contribution >= 0.6 is 0 Å². The quantitative estimate of drug-likeness (QED) is 0.724. The molecule has 100 valence electrons. The van der Waals surface area contributed by atoms with E-state index in [-0.39, 0.29) is 17.1 Å². The van der Waals surface area contributed by atoms with Crippen LogP contribution in [0.25, 0.3) is 0 Å². The highest BCUT2D eigenvalue weighted by Gasteiger charge is 2.63. The van der Waals surface area contributed by atoms with Gasteiger partial charge in [-0.1, -0.05) is 19.4 Å². The minimum atomic E-state index is 0.0000860. The molecule has 3 heteroatoms. The van der Waals surface area contributed by atoms with E-state index in [4.69, 9.17) is 9.47 Å². The maximum atomic E-state index is 9.86. The monoisotopic (exact) mass is 250 g/mol. The summed E-state index contributed by atoms with van der Waals surface area (Å²) in [6, 6.07) is 0. The van der Waals surface area contributed by atoms with Crippen molar-refractivity contribution >= 4 is 0 Å². The summed E-state index contributed by atoms with van der Waals surface area (Å²) in [6.45, 7) is 4.17. The topological polar surface area (TPSA) is 38.7 Å². The van der Waals surface area contributed by atoms with E-state index in [0.29, 0.717) is 18.4 Å². The number of aliphatic hydroxyl groups excluding tert-OH is 1. The van der Waals surface area contributed by atoms with E-state index in [9.17, 15) is 5.11 Å². The number of allylic oxidation sites excluding steroid dienone is 1. The molecule has 0 aromatic heterocycles. The lowest BCUT2D eigenvalue weighted by Crippen LogP contribution is -2.52. The van der Waals surface area contributed by atoms with Gasteiger partial charge in [-0.25, -0.2) is 0 Å². The summed E-state index contributed by atoms with van der Waals surface area (Å²) in [5.41, 5.74) is 1.79. The first kappa shape index (κ1) is 11.4. The molecule has 4 rings (SSSR count). The molecule has 0 aromatic carbocycles. The first-order valence-corrected chi connectivity index (χ1v) is 7.23. The van der Waals surface area contributed by atoms with Crippen LogP contribution in [0, 0.1) is 22.7 Å². The highest BCUT2D eigenvalue weighted by molar-refractivity contribution is 5.26. The average molecular weight is 250 g/mol. The molecule has 0 amide bonds. The Balaban J connectivity index is 1.81. The Bertz CT molecular complexity index is 401. The van der Waals surface area contributed by atoms with Gasteiger partial charge in [-0.3, -0.25) is 0 Å². The third-order valence-corrected chi connectivity index (χ3v) is 6.12. The fourth-order valence-electron chi connectivity index (χ4n) is 5.22. The van der Waals surface area contributed by atoms with Crippen LogP contribution in [0.2, 0.25) is 0 Å². The normalized spacial score (nSPS) is 53.9. The molecule has 2 saturated heterocycles. The van der Waals surface area contributed by atoms with E-state index >= 15 is 0 Å². The standard InChI is InChI=1S/C15H22O3/c1-14(8-16)5-2-6-15-9-18-13-12(15)10(7-17-13)3-4-11(14)15/h3,11-13,16H,2,4-9H2,1H3/t11-,12-,13-,14-,15-/m1/s1. The highest BCUT2D eigenvalue weighted by Crippen LogP contribution is 2.64. The van der Waals surface area contributed by atoms with Crippen LogP contribution in [0.1, 0.15) is 32.6 Å². The molecule has 0 bridgehead atoms. The summed E-state index contributed by atoms with van der Waals surface area (Å²) in [4.78, 5) is 0. The van der Waals surface area contributed by atoms with Crippen molar-refractivity contribution in [3.8, 4) is 0 Å². The Morgan fingerprint density at radius 2 is 2.28 bits per heavy atom. The molecule has 2 aliphatic heterocycles. The fraction of sp³-hybridized carbons (Fsp3) is 0.867. The van der Waals surface area contributed by atoms with E-state index in [1.807, 2.05) is 0 Å². The van der Waals surface area contributed by atoms with Crippen molar-refractivity contribution in [1.29, 1.82) is 0 Å². The van der Waals surface area contributed by atoms with Crippen LogP contribution in [0.15, 0.2) is 11.6 Å². The van der Waals surface area contributed by atoms with Gasteiger partial charge in [0.2, 0.25) is 0 Å². The predicted molar refractivity (Wildman–Crippen MR) is 66.8 cm³/mol. The number of hydrogen-bond acceptors (Lipinski definition) is 3. The molecule has 0 radical (unpaired) electrons. The molecule has 2 aliphatic carbocycles. The zero-order valence-corrected chi connectivity index (χ0v) is 11.0. The first-order chi connectivity index (χ1) is 8.70. The van der Waals surface area contributed by atoms with Gasteiger partial charge in [0.1, 0.15) is 0 Å². The van der Waals surface area contributed by atoms with E-state index < -0.39 is 0 Å². The lowest BCUT2D eigenvalue weighted by atomic mass is 9.48. The van der Waals surface area contributed by atoms with Gasteiger partial charge in [0.05, 0.1) is 13.2 Å². The second kappa shape index (κ2) is 3.59. The molecule has 3 nitrogen and oxygen atoms in total. The van der Waals surface area contributed by atoms with E-state index in [1.165, 1.54) is 18.4 Å². The molecule has 0 unspecified atom stereocenters. The molecule has 0 aromatic rings. The first-order valence-electron chi connectivity index (χ1n) is 7.23. The molecule has 18 heavy (non-hydrogen) atoms. The summed E-state index contributed by atoms with van der Waals surface area (Å²) < 4.78 is 11.7. The molecular formula is C15H22O3. The van der Waals surface area contributed by atoms with Crippen molar-refractivity contribution in [2.45, 2.75) is 38.9 Å². The minimum absolute atomic E-state index is 0.0000860. The Kier molecular flexibility index (Phi) is 2.28. The summed E-state index contributed by atoms with van der Waals surface area (Å²) >= 11 is 0. The molecule has 4 aliphatic rings. The Labute approximate surface area is 108 Å². The van der Waals surface area contributed by atoms with Crippen molar-refractivity contribution in [2.24, 2.45) is 22.7 Å². The minimum Gasteiger partial charge on any atom is -0.396 e. The van der Waals surface area contributed by atoms with Crippen LogP contribution in [0.5, 0.6) is 0 Å². The fourth-order valence-corrected chi connectivity index (χ4v) is 5.22. The Morgan fingerprint density at radius 3 is 3.11 bits per heavy atom. The Hall–Kier alpha value is -0.380. The maximum absolute atomic E-state index is 9.86. The molecular weight excluding hydrogens is 228 g/mol. The van der Waals surface area contributed by atoms with Crippen LogP contribution in [-0.4, -0.2) is 31.2 Å². The van der Waals surface area contributed by atoms with Gasteiger partial charge in [0.25, 0.3) is 0 Å². The highest BCUT2D eigenvalue weighted by atomic mass is 16.7.